The van der Waals surface area contributed by atoms with Gasteiger partial charge < -0.3 is 14.2 Å². The fourth-order valence-electron chi connectivity index (χ4n) is 4.15. The Balaban J connectivity index is 2.70. The summed E-state index contributed by atoms with van der Waals surface area (Å²) in [5, 5.41) is 0. The SMILES string of the molecule is C=C[C@@]1(C)[C@H](C(=C)C=O)[C@H](OC(=O)/C(C)=C\C)[C@H]2C(=C)C(=O)O[C@H]2[C@@H]1OC(=O)C(=C)C. The average molecular weight is 428 g/mol. The van der Waals surface area contributed by atoms with E-state index >= 15 is 0 Å². The second-order valence-corrected chi connectivity index (χ2v) is 8.11. The summed E-state index contributed by atoms with van der Waals surface area (Å²) < 4.78 is 17.0. The van der Waals surface area contributed by atoms with Crippen molar-refractivity contribution in [1.29, 1.82) is 0 Å². The fourth-order valence-corrected chi connectivity index (χ4v) is 4.15. The van der Waals surface area contributed by atoms with Gasteiger partial charge in [0.25, 0.3) is 0 Å². The first-order valence-electron chi connectivity index (χ1n) is 9.82. The number of esters is 3. The third-order valence-electron chi connectivity index (χ3n) is 6.10. The zero-order chi connectivity index (χ0) is 23.7. The molecule has 0 aromatic carbocycles. The molecule has 0 bridgehead atoms. The Labute approximate surface area is 182 Å². The molecule has 0 amide bonds. The van der Waals surface area contributed by atoms with Crippen LogP contribution in [-0.4, -0.2) is 42.5 Å². The molecule has 0 aromatic heterocycles. The average Bonchev–Trinajstić information content (AvgIpc) is 3.03. The molecule has 0 radical (unpaired) electrons. The quantitative estimate of drug-likeness (QED) is 0.202. The Hall–Kier alpha value is -3.22. The van der Waals surface area contributed by atoms with Crippen molar-refractivity contribution in [2.75, 3.05) is 0 Å². The molecule has 1 saturated carbocycles. The van der Waals surface area contributed by atoms with E-state index in [1.165, 1.54) is 13.0 Å². The van der Waals surface area contributed by atoms with E-state index in [1.807, 2.05) is 0 Å². The van der Waals surface area contributed by atoms with Gasteiger partial charge in [-0.05, 0) is 26.3 Å². The number of ether oxygens (including phenoxy) is 3. The Kier molecular flexibility index (Phi) is 6.89. The van der Waals surface area contributed by atoms with Gasteiger partial charge in [-0.3, -0.25) is 4.79 Å². The second kappa shape index (κ2) is 8.88. The summed E-state index contributed by atoms with van der Waals surface area (Å²) >= 11 is 0. The monoisotopic (exact) mass is 428 g/mol. The van der Waals surface area contributed by atoms with E-state index in [2.05, 4.69) is 26.3 Å². The minimum Gasteiger partial charge on any atom is -0.458 e. The van der Waals surface area contributed by atoms with Crippen LogP contribution < -0.4 is 0 Å². The molecule has 7 heteroatoms. The first-order chi connectivity index (χ1) is 14.4. The van der Waals surface area contributed by atoms with Crippen molar-refractivity contribution in [3.05, 3.63) is 60.8 Å². The predicted molar refractivity (Wildman–Crippen MR) is 114 cm³/mol. The Morgan fingerprint density at radius 2 is 1.77 bits per heavy atom. The zero-order valence-corrected chi connectivity index (χ0v) is 18.3. The molecule has 1 aliphatic heterocycles. The van der Waals surface area contributed by atoms with E-state index in [-0.39, 0.29) is 16.7 Å². The fraction of sp³-hybridized carbons (Fsp3) is 0.417. The van der Waals surface area contributed by atoms with Gasteiger partial charge in [-0.1, -0.05) is 38.8 Å². The Bertz CT molecular complexity index is 909. The van der Waals surface area contributed by atoms with Crippen molar-refractivity contribution in [3.8, 4) is 0 Å². The molecule has 1 aliphatic carbocycles. The van der Waals surface area contributed by atoms with Crippen LogP contribution in [0.1, 0.15) is 27.7 Å². The minimum atomic E-state index is -1.16. The maximum atomic E-state index is 12.6. The molecule has 0 N–H and O–H groups in total. The number of aldehydes is 1. The smallest absolute Gasteiger partial charge is 0.334 e. The molecule has 7 nitrogen and oxygen atoms in total. The van der Waals surface area contributed by atoms with Crippen LogP contribution in [0.15, 0.2) is 60.8 Å². The number of allylic oxidation sites excluding steroid dienone is 1. The molecule has 0 spiro atoms. The lowest BCUT2D eigenvalue weighted by molar-refractivity contribution is -0.197. The highest BCUT2D eigenvalue weighted by atomic mass is 16.6. The van der Waals surface area contributed by atoms with Gasteiger partial charge in [0, 0.05) is 28.1 Å². The first kappa shape index (κ1) is 24.1. The first-order valence-corrected chi connectivity index (χ1v) is 9.82. The summed E-state index contributed by atoms with van der Waals surface area (Å²) in [6, 6.07) is 0. The summed E-state index contributed by atoms with van der Waals surface area (Å²) in [6.07, 6.45) is 0.576. The van der Waals surface area contributed by atoms with Gasteiger partial charge >= 0.3 is 17.9 Å². The zero-order valence-electron chi connectivity index (χ0n) is 18.3. The number of fused-ring (bicyclic) bond motifs is 1. The van der Waals surface area contributed by atoms with E-state index in [4.69, 9.17) is 14.2 Å². The number of carbonyl (C=O) groups is 4. The Morgan fingerprint density at radius 3 is 2.26 bits per heavy atom. The van der Waals surface area contributed by atoms with E-state index < -0.39 is 53.5 Å². The highest BCUT2D eigenvalue weighted by Crippen LogP contribution is 2.54. The van der Waals surface area contributed by atoms with Crippen LogP contribution in [0.5, 0.6) is 0 Å². The molecule has 31 heavy (non-hydrogen) atoms. The summed E-state index contributed by atoms with van der Waals surface area (Å²) in [4.78, 5) is 49.2. The molecule has 1 heterocycles. The molecule has 0 aromatic rings. The number of hydrogen-bond donors (Lipinski definition) is 0. The Morgan fingerprint density at radius 1 is 1.16 bits per heavy atom. The summed E-state index contributed by atoms with van der Waals surface area (Å²) in [6.45, 7) is 21.5. The van der Waals surface area contributed by atoms with Crippen molar-refractivity contribution < 1.29 is 33.4 Å². The minimum absolute atomic E-state index is 0.0621. The maximum absolute atomic E-state index is 12.6. The second-order valence-electron chi connectivity index (χ2n) is 8.11. The van der Waals surface area contributed by atoms with Crippen LogP contribution in [0.2, 0.25) is 0 Å². The van der Waals surface area contributed by atoms with Gasteiger partial charge in [0.1, 0.15) is 18.5 Å². The molecule has 2 aliphatic rings. The van der Waals surface area contributed by atoms with E-state index in [0.717, 1.165) is 0 Å². The van der Waals surface area contributed by atoms with Gasteiger partial charge in [-0.15, -0.1) is 6.58 Å². The largest absolute Gasteiger partial charge is 0.458 e. The number of carbonyl (C=O) groups excluding carboxylic acids is 4. The van der Waals surface area contributed by atoms with E-state index in [1.54, 1.807) is 26.8 Å². The topological polar surface area (TPSA) is 96.0 Å². The predicted octanol–water partition coefficient (Wildman–Crippen LogP) is 3.03. The molecule has 0 unspecified atom stereocenters. The van der Waals surface area contributed by atoms with Crippen LogP contribution in [0.4, 0.5) is 0 Å². The summed E-state index contributed by atoms with van der Waals surface area (Å²) in [5.74, 6) is -3.71. The normalized spacial score (nSPS) is 32.4. The molecule has 1 saturated heterocycles. The van der Waals surface area contributed by atoms with Crippen LogP contribution >= 0.6 is 0 Å². The van der Waals surface area contributed by atoms with Crippen LogP contribution in [0, 0.1) is 17.3 Å². The van der Waals surface area contributed by atoms with Crippen LogP contribution in [0.3, 0.4) is 0 Å². The van der Waals surface area contributed by atoms with E-state index in [9.17, 15) is 19.2 Å². The number of rotatable bonds is 7. The third kappa shape index (κ3) is 4.04. The van der Waals surface area contributed by atoms with Crippen molar-refractivity contribution in [1.82, 2.24) is 0 Å². The van der Waals surface area contributed by atoms with Crippen molar-refractivity contribution in [2.45, 2.75) is 46.0 Å². The highest BCUT2D eigenvalue weighted by Gasteiger charge is 2.65. The van der Waals surface area contributed by atoms with E-state index in [0.29, 0.717) is 11.9 Å². The van der Waals surface area contributed by atoms with Gasteiger partial charge in [0.15, 0.2) is 6.10 Å². The summed E-state index contributed by atoms with van der Waals surface area (Å²) in [5.41, 5.74) is -0.509. The number of hydrogen-bond acceptors (Lipinski definition) is 7. The molecule has 166 valence electrons. The maximum Gasteiger partial charge on any atom is 0.334 e. The lowest BCUT2D eigenvalue weighted by atomic mass is 9.57. The van der Waals surface area contributed by atoms with Crippen molar-refractivity contribution in [3.63, 3.8) is 0 Å². The molecular weight excluding hydrogens is 400 g/mol. The van der Waals surface area contributed by atoms with Gasteiger partial charge in [-0.2, -0.15) is 0 Å². The van der Waals surface area contributed by atoms with Crippen LogP contribution in [0.25, 0.3) is 0 Å². The van der Waals surface area contributed by atoms with Gasteiger partial charge in [-0.25, -0.2) is 14.4 Å². The lowest BCUT2D eigenvalue weighted by Gasteiger charge is -2.52. The standard InChI is InChI=1S/C24H28O7/c1-9-13(5)22(27)29-18-16-15(7)23(28)30-19(16)20(31-21(26)12(3)4)24(8,10-2)17(18)14(6)11-25/h9-11,16-20H,2-3,6-7H2,1,4-5,8H3/b13-9-/t16-,17-,18-,19-,20+,24+/m1/s1. The third-order valence-corrected chi connectivity index (χ3v) is 6.10. The molecule has 2 fully saturated rings. The van der Waals surface area contributed by atoms with Gasteiger partial charge in [0.2, 0.25) is 0 Å². The van der Waals surface area contributed by atoms with Crippen molar-refractivity contribution in [2.24, 2.45) is 17.3 Å². The lowest BCUT2D eigenvalue weighted by Crippen LogP contribution is -2.61. The molecule has 6 atom stereocenters. The van der Waals surface area contributed by atoms with Crippen molar-refractivity contribution >= 4 is 24.2 Å². The molecule has 2 rings (SSSR count). The summed E-state index contributed by atoms with van der Waals surface area (Å²) in [7, 11) is 0. The van der Waals surface area contributed by atoms with Crippen LogP contribution in [-0.2, 0) is 33.4 Å². The highest BCUT2D eigenvalue weighted by molar-refractivity contribution is 5.92. The van der Waals surface area contributed by atoms with Gasteiger partial charge in [0.05, 0.1) is 5.92 Å². The molecular formula is C24H28O7.